The van der Waals surface area contributed by atoms with Gasteiger partial charge in [-0.15, -0.1) is 0 Å². The lowest BCUT2D eigenvalue weighted by Gasteiger charge is -2.26. The quantitative estimate of drug-likeness (QED) is 0.0487. The molecule has 0 bridgehead atoms. The molecule has 0 heterocycles. The summed E-state index contributed by atoms with van der Waals surface area (Å²) in [5, 5.41) is 33.2. The number of aliphatic hydroxyl groups excluding tert-OH is 3. The first kappa shape index (κ1) is 39.8. The Balaban J connectivity index is 3.79. The van der Waals surface area contributed by atoms with E-state index in [1.807, 2.05) is 0 Å². The van der Waals surface area contributed by atoms with Crippen molar-refractivity contribution in [2.24, 2.45) is 0 Å². The van der Waals surface area contributed by atoms with Crippen molar-refractivity contribution in [2.45, 2.75) is 193 Å². The molecule has 0 aliphatic rings. The highest BCUT2D eigenvalue weighted by atomic mass is 16.3. The number of nitrogens with one attached hydrogen (secondary N) is 1. The van der Waals surface area contributed by atoms with Crippen LogP contribution in [-0.2, 0) is 4.79 Å². The van der Waals surface area contributed by atoms with Crippen molar-refractivity contribution < 1.29 is 20.1 Å². The van der Waals surface area contributed by atoms with Crippen molar-refractivity contribution in [3.63, 3.8) is 0 Å². The topological polar surface area (TPSA) is 89.8 Å². The third kappa shape index (κ3) is 27.4. The second kappa shape index (κ2) is 31.8. The van der Waals surface area contributed by atoms with Gasteiger partial charge in [0, 0.05) is 6.42 Å². The molecule has 0 radical (unpaired) electrons. The number of carbonyl (C=O) groups excluding carboxylic acids is 1. The fourth-order valence-electron chi connectivity index (χ4n) is 5.23. The second-order valence-electron chi connectivity index (χ2n) is 12.1. The van der Waals surface area contributed by atoms with Gasteiger partial charge in [-0.3, -0.25) is 4.79 Å². The van der Waals surface area contributed by atoms with Crippen molar-refractivity contribution in [2.75, 3.05) is 6.61 Å². The van der Waals surface area contributed by atoms with Gasteiger partial charge in [0.15, 0.2) is 0 Å². The average Bonchev–Trinajstić information content (AvgIpc) is 2.97. The van der Waals surface area contributed by atoms with Crippen LogP contribution in [0.25, 0.3) is 0 Å². The molecule has 0 aliphatic carbocycles. The molecule has 0 aromatic carbocycles. The Morgan fingerprint density at radius 2 is 1.00 bits per heavy atom. The molecule has 5 nitrogen and oxygen atoms in total. The number of unbranched alkanes of at least 4 members (excludes halogenated alkanes) is 19. The highest BCUT2D eigenvalue weighted by Crippen LogP contribution is 2.14. The van der Waals surface area contributed by atoms with E-state index in [1.165, 1.54) is 103 Å². The molecule has 3 unspecified atom stereocenters. The highest BCUT2D eigenvalue weighted by molar-refractivity contribution is 5.76. The maximum Gasteiger partial charge on any atom is 0.220 e. The van der Waals surface area contributed by atoms with Gasteiger partial charge in [-0.2, -0.15) is 0 Å². The van der Waals surface area contributed by atoms with Crippen LogP contribution in [0.1, 0.15) is 174 Å². The first-order chi connectivity index (χ1) is 20.1. The second-order valence-corrected chi connectivity index (χ2v) is 12.1. The van der Waals surface area contributed by atoms with Crippen LogP contribution in [0.4, 0.5) is 0 Å². The lowest BCUT2D eigenvalue weighted by molar-refractivity contribution is -0.124. The van der Waals surface area contributed by atoms with E-state index in [0.29, 0.717) is 12.8 Å². The Labute approximate surface area is 254 Å². The molecule has 1 amide bonds. The van der Waals surface area contributed by atoms with E-state index in [-0.39, 0.29) is 12.5 Å². The molecule has 0 spiro atoms. The molecular weight excluding hydrogens is 510 g/mol. The number of aliphatic hydroxyl groups is 3. The minimum atomic E-state index is -1.16. The molecule has 5 heteroatoms. The molecule has 0 aromatic heterocycles. The van der Waals surface area contributed by atoms with E-state index in [1.54, 1.807) is 0 Å². The summed E-state index contributed by atoms with van der Waals surface area (Å²) in [7, 11) is 0. The number of allylic oxidation sites excluding steroid dienone is 4. The van der Waals surface area contributed by atoms with Gasteiger partial charge in [-0.1, -0.05) is 141 Å². The van der Waals surface area contributed by atoms with Crippen molar-refractivity contribution in [3.8, 4) is 0 Å². The predicted octanol–water partition coefficient (Wildman–Crippen LogP) is 9.09. The summed E-state index contributed by atoms with van der Waals surface area (Å²) in [4.78, 5) is 12.3. The van der Waals surface area contributed by atoms with Crippen LogP contribution in [0.5, 0.6) is 0 Å². The Kier molecular flexibility index (Phi) is 30.9. The zero-order valence-electron chi connectivity index (χ0n) is 27.2. The van der Waals surface area contributed by atoms with Gasteiger partial charge in [0.05, 0.1) is 18.8 Å². The van der Waals surface area contributed by atoms with E-state index < -0.39 is 18.2 Å². The SMILES string of the molecule is CCCCCCCC/C=C/CC/C=C/CCCC(O)C(O)C(CO)NC(=O)CCCCCCCCCCCCCC. The summed E-state index contributed by atoms with van der Waals surface area (Å²) in [5.74, 6) is -0.161. The van der Waals surface area contributed by atoms with Gasteiger partial charge in [-0.05, 0) is 51.4 Å². The summed E-state index contributed by atoms with van der Waals surface area (Å²) >= 11 is 0. The molecule has 0 saturated carbocycles. The average molecular weight is 580 g/mol. The third-order valence-corrected chi connectivity index (χ3v) is 8.04. The minimum absolute atomic E-state index is 0.161. The van der Waals surface area contributed by atoms with Crippen LogP contribution >= 0.6 is 0 Å². The highest BCUT2D eigenvalue weighted by Gasteiger charge is 2.26. The van der Waals surface area contributed by atoms with Crippen molar-refractivity contribution >= 4 is 5.91 Å². The first-order valence-electron chi connectivity index (χ1n) is 17.6. The molecule has 0 aliphatic heterocycles. The van der Waals surface area contributed by atoms with Gasteiger partial charge >= 0.3 is 0 Å². The molecule has 0 saturated heterocycles. The summed E-state index contributed by atoms with van der Waals surface area (Å²) in [6.45, 7) is 4.12. The lowest BCUT2D eigenvalue weighted by atomic mass is 10.0. The molecule has 0 fully saturated rings. The standard InChI is InChI=1S/C36H69NO4/c1-3-5-7-9-11-13-15-17-18-19-20-22-24-26-28-30-34(39)36(41)33(32-38)37-35(40)31-29-27-25-23-21-16-14-12-10-8-6-4-2/h17-18,22,24,33-34,36,38-39,41H,3-16,19-21,23,25-32H2,1-2H3,(H,37,40)/b18-17+,24-22+. The summed E-state index contributed by atoms with van der Waals surface area (Å²) in [6.07, 6.45) is 35.5. The Hall–Kier alpha value is -1.17. The fraction of sp³-hybridized carbons (Fsp3) is 0.861. The summed E-state index contributed by atoms with van der Waals surface area (Å²) < 4.78 is 0. The van der Waals surface area contributed by atoms with E-state index >= 15 is 0 Å². The molecule has 41 heavy (non-hydrogen) atoms. The minimum Gasteiger partial charge on any atom is -0.394 e. The van der Waals surface area contributed by atoms with E-state index in [4.69, 9.17) is 0 Å². The molecule has 3 atom stereocenters. The number of carbonyl (C=O) groups is 1. The number of hydrogen-bond donors (Lipinski definition) is 4. The third-order valence-electron chi connectivity index (χ3n) is 8.04. The fourth-order valence-corrected chi connectivity index (χ4v) is 5.23. The Morgan fingerprint density at radius 1 is 0.585 bits per heavy atom. The van der Waals surface area contributed by atoms with E-state index in [9.17, 15) is 20.1 Å². The monoisotopic (exact) mass is 580 g/mol. The van der Waals surface area contributed by atoms with Crippen molar-refractivity contribution in [1.82, 2.24) is 5.32 Å². The lowest BCUT2D eigenvalue weighted by Crippen LogP contribution is -2.50. The molecular formula is C36H69NO4. The number of hydrogen-bond acceptors (Lipinski definition) is 4. The van der Waals surface area contributed by atoms with Crippen LogP contribution in [-0.4, -0.2) is 46.1 Å². The van der Waals surface area contributed by atoms with Crippen molar-refractivity contribution in [3.05, 3.63) is 24.3 Å². The van der Waals surface area contributed by atoms with Crippen LogP contribution in [0.2, 0.25) is 0 Å². The summed E-state index contributed by atoms with van der Waals surface area (Å²) in [5.41, 5.74) is 0. The van der Waals surface area contributed by atoms with Gasteiger partial charge in [0.1, 0.15) is 6.10 Å². The smallest absolute Gasteiger partial charge is 0.220 e. The molecule has 4 N–H and O–H groups in total. The van der Waals surface area contributed by atoms with E-state index in [2.05, 4.69) is 43.5 Å². The Morgan fingerprint density at radius 3 is 1.49 bits per heavy atom. The largest absolute Gasteiger partial charge is 0.394 e. The van der Waals surface area contributed by atoms with Gasteiger partial charge < -0.3 is 20.6 Å². The zero-order valence-corrected chi connectivity index (χ0v) is 27.2. The van der Waals surface area contributed by atoms with Crippen LogP contribution in [0.3, 0.4) is 0 Å². The van der Waals surface area contributed by atoms with Gasteiger partial charge in [-0.25, -0.2) is 0 Å². The maximum atomic E-state index is 12.3. The van der Waals surface area contributed by atoms with Gasteiger partial charge in [0.2, 0.25) is 5.91 Å². The normalized spacial score (nSPS) is 14.2. The van der Waals surface area contributed by atoms with Crippen LogP contribution < -0.4 is 5.32 Å². The van der Waals surface area contributed by atoms with Crippen LogP contribution in [0, 0.1) is 0 Å². The van der Waals surface area contributed by atoms with Crippen LogP contribution in [0.15, 0.2) is 24.3 Å². The summed E-state index contributed by atoms with van der Waals surface area (Å²) in [6, 6.07) is -0.825. The maximum absolute atomic E-state index is 12.3. The Bertz CT molecular complexity index is 606. The van der Waals surface area contributed by atoms with Crippen molar-refractivity contribution in [1.29, 1.82) is 0 Å². The van der Waals surface area contributed by atoms with Gasteiger partial charge in [0.25, 0.3) is 0 Å². The zero-order chi connectivity index (χ0) is 30.2. The predicted molar refractivity (Wildman–Crippen MR) is 176 cm³/mol. The number of amides is 1. The van der Waals surface area contributed by atoms with E-state index in [0.717, 1.165) is 44.9 Å². The first-order valence-corrected chi connectivity index (χ1v) is 17.6. The molecule has 0 aromatic rings. The molecule has 242 valence electrons. The molecule has 0 rings (SSSR count). The number of rotatable bonds is 31.